The van der Waals surface area contributed by atoms with Crippen molar-refractivity contribution in [3.8, 4) is 0 Å². The highest BCUT2D eigenvalue weighted by Crippen LogP contribution is 2.34. The Hall–Kier alpha value is -1.04. The number of halogens is 3. The summed E-state index contributed by atoms with van der Waals surface area (Å²) in [6, 6.07) is 0. The standard InChI is InChI=1S/C9H11F3O3/c1-5(2)8(13)14-4-6-3-7(15-6)9(10,11)12/h6-7H,1,3-4H2,2H3. The van der Waals surface area contributed by atoms with Gasteiger partial charge in [-0.05, 0) is 6.92 Å². The summed E-state index contributed by atoms with van der Waals surface area (Å²) in [6.07, 6.45) is -6.85. The summed E-state index contributed by atoms with van der Waals surface area (Å²) in [5.41, 5.74) is 0.210. The van der Waals surface area contributed by atoms with Gasteiger partial charge in [-0.25, -0.2) is 4.79 Å². The molecule has 0 radical (unpaired) electrons. The third-order valence-electron chi connectivity index (χ3n) is 1.95. The van der Waals surface area contributed by atoms with Crippen molar-refractivity contribution < 1.29 is 27.4 Å². The number of esters is 1. The van der Waals surface area contributed by atoms with Crippen LogP contribution >= 0.6 is 0 Å². The average Bonchev–Trinajstić information content (AvgIpc) is 1.97. The lowest BCUT2D eigenvalue weighted by molar-refractivity contribution is -0.290. The van der Waals surface area contributed by atoms with Crippen molar-refractivity contribution in [1.29, 1.82) is 0 Å². The smallest absolute Gasteiger partial charge is 0.414 e. The van der Waals surface area contributed by atoms with E-state index in [1.54, 1.807) is 0 Å². The fraction of sp³-hybridized carbons (Fsp3) is 0.667. The molecule has 0 aromatic carbocycles. The summed E-state index contributed by atoms with van der Waals surface area (Å²) in [7, 11) is 0. The number of hydrogen-bond acceptors (Lipinski definition) is 3. The van der Waals surface area contributed by atoms with E-state index in [0.29, 0.717) is 0 Å². The molecule has 1 rings (SSSR count). The van der Waals surface area contributed by atoms with E-state index in [9.17, 15) is 18.0 Å². The van der Waals surface area contributed by atoms with Crippen molar-refractivity contribution in [1.82, 2.24) is 0 Å². The highest BCUT2D eigenvalue weighted by molar-refractivity contribution is 5.86. The van der Waals surface area contributed by atoms with E-state index in [0.717, 1.165) is 0 Å². The Bertz CT molecular complexity index is 266. The minimum absolute atomic E-state index is 0.154. The summed E-state index contributed by atoms with van der Waals surface area (Å²) in [5.74, 6) is -0.617. The monoisotopic (exact) mass is 224 g/mol. The van der Waals surface area contributed by atoms with Crippen molar-refractivity contribution >= 4 is 5.97 Å². The molecule has 1 aliphatic rings. The van der Waals surface area contributed by atoms with Crippen LogP contribution in [0, 0.1) is 0 Å². The quantitative estimate of drug-likeness (QED) is 0.542. The zero-order valence-corrected chi connectivity index (χ0v) is 8.13. The molecular formula is C9H11F3O3. The topological polar surface area (TPSA) is 35.5 Å². The van der Waals surface area contributed by atoms with Gasteiger partial charge in [-0.1, -0.05) is 6.58 Å². The fourth-order valence-electron chi connectivity index (χ4n) is 1.07. The molecule has 0 spiro atoms. The molecular weight excluding hydrogens is 213 g/mol. The van der Waals surface area contributed by atoms with Crippen LogP contribution < -0.4 is 0 Å². The first-order valence-electron chi connectivity index (χ1n) is 4.35. The van der Waals surface area contributed by atoms with Gasteiger partial charge in [0.1, 0.15) is 6.61 Å². The number of rotatable bonds is 3. The second kappa shape index (κ2) is 4.22. The lowest BCUT2D eigenvalue weighted by Gasteiger charge is -2.36. The number of hydrogen-bond donors (Lipinski definition) is 0. The van der Waals surface area contributed by atoms with Crippen LogP contribution in [0.2, 0.25) is 0 Å². The van der Waals surface area contributed by atoms with Crippen LogP contribution in [-0.4, -0.2) is 31.0 Å². The molecule has 0 aliphatic carbocycles. The molecule has 1 fully saturated rings. The Morgan fingerprint density at radius 2 is 2.13 bits per heavy atom. The molecule has 86 valence electrons. The van der Waals surface area contributed by atoms with Gasteiger partial charge in [0.05, 0.1) is 6.10 Å². The third-order valence-corrected chi connectivity index (χ3v) is 1.95. The van der Waals surface area contributed by atoms with Crippen molar-refractivity contribution in [2.45, 2.75) is 31.7 Å². The normalized spacial score (nSPS) is 25.6. The Kier molecular flexibility index (Phi) is 3.38. The van der Waals surface area contributed by atoms with E-state index in [-0.39, 0.29) is 18.6 Å². The van der Waals surface area contributed by atoms with Gasteiger partial charge in [0.15, 0.2) is 6.10 Å². The van der Waals surface area contributed by atoms with Crippen LogP contribution in [0.4, 0.5) is 13.2 Å². The van der Waals surface area contributed by atoms with E-state index in [4.69, 9.17) is 0 Å². The van der Waals surface area contributed by atoms with E-state index in [1.165, 1.54) is 6.92 Å². The van der Waals surface area contributed by atoms with Gasteiger partial charge in [-0.3, -0.25) is 0 Å². The van der Waals surface area contributed by atoms with Crippen molar-refractivity contribution in [3.63, 3.8) is 0 Å². The lowest BCUT2D eigenvalue weighted by atomic mass is 10.1. The van der Waals surface area contributed by atoms with Gasteiger partial charge >= 0.3 is 12.1 Å². The molecule has 0 N–H and O–H groups in total. The van der Waals surface area contributed by atoms with Gasteiger partial charge in [0, 0.05) is 12.0 Å². The summed E-state index contributed by atoms with van der Waals surface area (Å²) >= 11 is 0. The maximum Gasteiger partial charge on any atom is 0.414 e. The fourth-order valence-corrected chi connectivity index (χ4v) is 1.07. The van der Waals surface area contributed by atoms with Crippen molar-refractivity contribution in [3.05, 3.63) is 12.2 Å². The second-order valence-corrected chi connectivity index (χ2v) is 3.40. The van der Waals surface area contributed by atoms with Crippen molar-refractivity contribution in [2.75, 3.05) is 6.61 Å². The summed E-state index contributed by atoms with van der Waals surface area (Å²) < 4.78 is 45.0. The predicted molar refractivity (Wildman–Crippen MR) is 45.1 cm³/mol. The molecule has 6 heteroatoms. The summed E-state index contributed by atoms with van der Waals surface area (Å²) in [6.45, 7) is 4.64. The molecule has 0 amide bonds. The van der Waals surface area contributed by atoms with Crippen LogP contribution in [0.3, 0.4) is 0 Å². The Balaban J connectivity index is 2.19. The summed E-state index contributed by atoms with van der Waals surface area (Å²) in [4.78, 5) is 10.9. The average molecular weight is 224 g/mol. The first-order valence-corrected chi connectivity index (χ1v) is 4.35. The van der Waals surface area contributed by atoms with Gasteiger partial charge in [-0.15, -0.1) is 0 Å². The first-order chi connectivity index (χ1) is 6.80. The first kappa shape index (κ1) is 12.0. The minimum Gasteiger partial charge on any atom is -0.460 e. The molecule has 1 aliphatic heterocycles. The Labute approximate surface area is 84.8 Å². The Morgan fingerprint density at radius 3 is 2.53 bits per heavy atom. The summed E-state index contributed by atoms with van der Waals surface area (Å²) in [5, 5.41) is 0. The second-order valence-electron chi connectivity index (χ2n) is 3.40. The predicted octanol–water partition coefficient (Wildman–Crippen LogP) is 1.83. The van der Waals surface area contributed by atoms with Crippen LogP contribution in [-0.2, 0) is 14.3 Å². The SMILES string of the molecule is C=C(C)C(=O)OCC1CC(C(F)(F)F)O1. The number of alkyl halides is 3. The van der Waals surface area contributed by atoms with Gasteiger partial charge in [0.2, 0.25) is 0 Å². The van der Waals surface area contributed by atoms with E-state index in [2.05, 4.69) is 16.1 Å². The molecule has 15 heavy (non-hydrogen) atoms. The van der Waals surface area contributed by atoms with Crippen molar-refractivity contribution in [2.24, 2.45) is 0 Å². The highest BCUT2D eigenvalue weighted by atomic mass is 19.4. The molecule has 0 saturated carbocycles. The van der Waals surface area contributed by atoms with E-state index < -0.39 is 24.4 Å². The largest absolute Gasteiger partial charge is 0.460 e. The molecule has 0 aromatic rings. The zero-order valence-electron chi connectivity index (χ0n) is 8.13. The molecule has 0 aromatic heterocycles. The number of ether oxygens (including phenoxy) is 2. The third kappa shape index (κ3) is 3.23. The van der Waals surface area contributed by atoms with E-state index in [1.807, 2.05) is 0 Å². The maximum absolute atomic E-state index is 12.0. The van der Waals surface area contributed by atoms with Crippen LogP contribution in [0.15, 0.2) is 12.2 Å². The number of carbonyl (C=O) groups excluding carboxylic acids is 1. The molecule has 2 unspecified atom stereocenters. The molecule has 3 nitrogen and oxygen atoms in total. The molecule has 2 atom stereocenters. The molecule has 1 heterocycles. The molecule has 0 bridgehead atoms. The Morgan fingerprint density at radius 1 is 1.60 bits per heavy atom. The highest BCUT2D eigenvalue weighted by Gasteiger charge is 2.49. The van der Waals surface area contributed by atoms with Crippen LogP contribution in [0.25, 0.3) is 0 Å². The van der Waals surface area contributed by atoms with Crippen LogP contribution in [0.1, 0.15) is 13.3 Å². The van der Waals surface area contributed by atoms with Gasteiger partial charge < -0.3 is 9.47 Å². The van der Waals surface area contributed by atoms with Crippen LogP contribution in [0.5, 0.6) is 0 Å². The van der Waals surface area contributed by atoms with Gasteiger partial charge in [-0.2, -0.15) is 13.2 Å². The molecule has 1 saturated heterocycles. The zero-order chi connectivity index (χ0) is 11.6. The minimum atomic E-state index is -4.32. The lowest BCUT2D eigenvalue weighted by Crippen LogP contribution is -2.49. The maximum atomic E-state index is 12.0. The van der Waals surface area contributed by atoms with Gasteiger partial charge in [0.25, 0.3) is 0 Å². The number of carbonyl (C=O) groups is 1. The van der Waals surface area contributed by atoms with E-state index >= 15 is 0 Å².